The average Bonchev–Trinajstić information content (AvgIpc) is 3.26. The molecule has 0 spiro atoms. The van der Waals surface area contributed by atoms with Crippen molar-refractivity contribution in [2.75, 3.05) is 20.2 Å². The topological polar surface area (TPSA) is 45.1 Å². The maximum Gasteiger partial charge on any atom is 0.257 e. The van der Waals surface area contributed by atoms with Gasteiger partial charge in [0.2, 0.25) is 0 Å². The van der Waals surface area contributed by atoms with E-state index in [4.69, 9.17) is 9.84 Å². The van der Waals surface area contributed by atoms with Crippen LogP contribution in [0.1, 0.15) is 41.6 Å². The van der Waals surface area contributed by atoms with E-state index in [0.717, 1.165) is 22.6 Å². The molecule has 0 N–H and O–H groups in total. The number of hydrogen-bond acceptors (Lipinski definition) is 4. The first-order valence-corrected chi connectivity index (χ1v) is 11.5. The van der Waals surface area contributed by atoms with Gasteiger partial charge in [0.25, 0.3) is 5.91 Å². The highest BCUT2D eigenvalue weighted by Crippen LogP contribution is 2.33. The summed E-state index contributed by atoms with van der Waals surface area (Å²) in [7, 11) is 1.97. The lowest BCUT2D eigenvalue weighted by Crippen LogP contribution is -2.36. The van der Waals surface area contributed by atoms with Gasteiger partial charge in [-0.25, -0.2) is 5.01 Å². The number of carbonyl (C=O) groups is 1. The van der Waals surface area contributed by atoms with E-state index in [2.05, 4.69) is 43.3 Å². The smallest absolute Gasteiger partial charge is 0.257 e. The van der Waals surface area contributed by atoms with Gasteiger partial charge in [0.15, 0.2) is 0 Å². The largest absolute Gasteiger partial charge is 0.494 e. The minimum atomic E-state index is -0.130. The number of hydrazone groups is 1. The summed E-state index contributed by atoms with van der Waals surface area (Å²) in [6.07, 6.45) is 0.686. The van der Waals surface area contributed by atoms with Crippen molar-refractivity contribution in [3.8, 4) is 5.75 Å². The molecule has 0 bridgehead atoms. The van der Waals surface area contributed by atoms with Crippen LogP contribution >= 0.6 is 0 Å². The quantitative estimate of drug-likeness (QED) is 0.482. The molecular formula is C28H31N3O2. The van der Waals surface area contributed by atoms with Crippen molar-refractivity contribution in [3.05, 3.63) is 101 Å². The second-order valence-electron chi connectivity index (χ2n) is 8.53. The Labute approximate surface area is 196 Å². The van der Waals surface area contributed by atoms with Crippen molar-refractivity contribution in [1.82, 2.24) is 9.91 Å². The second kappa shape index (κ2) is 10.5. The third kappa shape index (κ3) is 5.68. The molecule has 170 valence electrons. The number of nitrogens with zero attached hydrogens (tertiary/aromatic N) is 3. The summed E-state index contributed by atoms with van der Waals surface area (Å²) in [5.41, 5.74) is 5.44. The normalized spacial score (nSPS) is 15.6. The summed E-state index contributed by atoms with van der Waals surface area (Å²) in [6, 6.07) is 26.4. The predicted octanol–water partition coefficient (Wildman–Crippen LogP) is 5.20. The fraction of sp³-hybridized carbons (Fsp3) is 0.286. The van der Waals surface area contributed by atoms with Crippen LogP contribution in [0.5, 0.6) is 5.75 Å². The fourth-order valence-electron chi connectivity index (χ4n) is 4.13. The average molecular weight is 442 g/mol. The van der Waals surface area contributed by atoms with Crippen LogP contribution in [0.3, 0.4) is 0 Å². The van der Waals surface area contributed by atoms with Gasteiger partial charge in [0, 0.05) is 13.0 Å². The monoisotopic (exact) mass is 441 g/mol. The minimum absolute atomic E-state index is 0.00516. The summed E-state index contributed by atoms with van der Waals surface area (Å²) >= 11 is 0. The van der Waals surface area contributed by atoms with E-state index in [-0.39, 0.29) is 11.9 Å². The summed E-state index contributed by atoms with van der Waals surface area (Å²) in [5.74, 6) is 0.828. The molecule has 0 radical (unpaired) electrons. The van der Waals surface area contributed by atoms with Gasteiger partial charge in [-0.3, -0.25) is 9.69 Å². The highest BCUT2D eigenvalue weighted by molar-refractivity contribution is 6.03. The molecule has 3 aromatic carbocycles. The van der Waals surface area contributed by atoms with Crippen molar-refractivity contribution in [2.24, 2.45) is 5.10 Å². The van der Waals surface area contributed by atoms with Crippen LogP contribution in [-0.4, -0.2) is 41.7 Å². The SMILES string of the molecule is CCOc1ccc(C2CC(c3ccc(C)cc3)=NN2C(=O)CN(C)Cc2ccccc2)cc1. The first kappa shape index (κ1) is 22.7. The Balaban J connectivity index is 1.55. The molecule has 1 amide bonds. The molecule has 5 heteroatoms. The van der Waals surface area contributed by atoms with Gasteiger partial charge in [0.1, 0.15) is 5.75 Å². The zero-order valence-electron chi connectivity index (χ0n) is 19.6. The lowest BCUT2D eigenvalue weighted by atomic mass is 9.98. The summed E-state index contributed by atoms with van der Waals surface area (Å²) < 4.78 is 5.59. The van der Waals surface area contributed by atoms with Gasteiger partial charge in [-0.05, 0) is 49.7 Å². The van der Waals surface area contributed by atoms with Crippen LogP contribution in [0.2, 0.25) is 0 Å². The summed E-state index contributed by atoms with van der Waals surface area (Å²) in [5, 5.41) is 6.48. The van der Waals surface area contributed by atoms with Crippen molar-refractivity contribution >= 4 is 11.6 Å². The van der Waals surface area contributed by atoms with E-state index in [9.17, 15) is 4.79 Å². The third-order valence-electron chi connectivity index (χ3n) is 5.83. The number of aryl methyl sites for hydroxylation is 1. The van der Waals surface area contributed by atoms with Crippen molar-refractivity contribution in [3.63, 3.8) is 0 Å². The zero-order chi connectivity index (χ0) is 23.2. The minimum Gasteiger partial charge on any atom is -0.494 e. The number of carbonyl (C=O) groups excluding carboxylic acids is 1. The Kier molecular flexibility index (Phi) is 7.20. The maximum atomic E-state index is 13.4. The highest BCUT2D eigenvalue weighted by Gasteiger charge is 2.33. The molecule has 1 heterocycles. The molecule has 0 saturated carbocycles. The van der Waals surface area contributed by atoms with Crippen molar-refractivity contribution in [1.29, 1.82) is 0 Å². The lowest BCUT2D eigenvalue weighted by molar-refractivity contribution is -0.134. The van der Waals surface area contributed by atoms with Gasteiger partial charge < -0.3 is 4.74 Å². The molecule has 5 nitrogen and oxygen atoms in total. The molecule has 1 atom stereocenters. The first-order valence-electron chi connectivity index (χ1n) is 11.5. The van der Waals surface area contributed by atoms with E-state index in [1.165, 1.54) is 11.1 Å². The van der Waals surface area contributed by atoms with Crippen LogP contribution in [0.25, 0.3) is 0 Å². The molecule has 0 saturated heterocycles. The van der Waals surface area contributed by atoms with Crippen molar-refractivity contribution in [2.45, 2.75) is 32.9 Å². The maximum absolute atomic E-state index is 13.4. The van der Waals surface area contributed by atoms with Gasteiger partial charge in [-0.15, -0.1) is 0 Å². The van der Waals surface area contributed by atoms with Crippen LogP contribution in [-0.2, 0) is 11.3 Å². The second-order valence-corrected chi connectivity index (χ2v) is 8.53. The molecule has 33 heavy (non-hydrogen) atoms. The van der Waals surface area contributed by atoms with Gasteiger partial charge in [-0.2, -0.15) is 5.10 Å². The number of likely N-dealkylation sites (N-methyl/N-ethyl adjacent to an activating group) is 1. The van der Waals surface area contributed by atoms with Crippen LogP contribution < -0.4 is 4.74 Å². The first-order chi connectivity index (χ1) is 16.0. The lowest BCUT2D eigenvalue weighted by Gasteiger charge is -2.25. The standard InChI is InChI=1S/C28H31N3O2/c1-4-33-25-16-14-24(15-17-25)27-18-26(23-12-10-21(2)11-13-23)29-31(27)28(32)20-30(3)19-22-8-6-5-7-9-22/h5-17,27H,4,18-20H2,1-3H3. The molecule has 0 aromatic heterocycles. The van der Waals surface area contributed by atoms with Gasteiger partial charge >= 0.3 is 0 Å². The number of amides is 1. The van der Waals surface area contributed by atoms with E-state index in [0.29, 0.717) is 26.1 Å². The molecule has 1 aliphatic rings. The molecule has 4 rings (SSSR count). The van der Waals surface area contributed by atoms with Gasteiger partial charge in [0.05, 0.1) is 24.9 Å². The molecular weight excluding hydrogens is 410 g/mol. The van der Waals surface area contributed by atoms with E-state index in [1.807, 2.05) is 61.3 Å². The van der Waals surface area contributed by atoms with Crippen LogP contribution in [0.4, 0.5) is 0 Å². The van der Waals surface area contributed by atoms with Crippen LogP contribution in [0, 0.1) is 6.92 Å². The molecule has 3 aromatic rings. The Morgan fingerprint density at radius 3 is 2.39 bits per heavy atom. The van der Waals surface area contributed by atoms with E-state index in [1.54, 1.807) is 5.01 Å². The molecule has 1 aliphatic heterocycles. The Hall–Kier alpha value is -3.44. The van der Waals surface area contributed by atoms with Crippen LogP contribution in [0.15, 0.2) is 84.0 Å². The zero-order valence-corrected chi connectivity index (χ0v) is 19.6. The molecule has 0 fully saturated rings. The van der Waals surface area contributed by atoms with Crippen molar-refractivity contribution < 1.29 is 9.53 Å². The van der Waals surface area contributed by atoms with E-state index < -0.39 is 0 Å². The number of ether oxygens (including phenoxy) is 1. The fourth-order valence-corrected chi connectivity index (χ4v) is 4.13. The van der Waals surface area contributed by atoms with Gasteiger partial charge in [-0.1, -0.05) is 72.3 Å². The molecule has 0 aliphatic carbocycles. The third-order valence-corrected chi connectivity index (χ3v) is 5.83. The Morgan fingerprint density at radius 1 is 1.03 bits per heavy atom. The predicted molar refractivity (Wildman–Crippen MR) is 132 cm³/mol. The number of hydrogen-bond donors (Lipinski definition) is 0. The summed E-state index contributed by atoms with van der Waals surface area (Å²) in [6.45, 7) is 5.68. The Bertz CT molecular complexity index is 1090. The number of benzene rings is 3. The highest BCUT2D eigenvalue weighted by atomic mass is 16.5. The Morgan fingerprint density at radius 2 is 1.73 bits per heavy atom. The number of rotatable bonds is 8. The van der Waals surface area contributed by atoms with E-state index >= 15 is 0 Å². The molecule has 1 unspecified atom stereocenters. The summed E-state index contributed by atoms with van der Waals surface area (Å²) in [4.78, 5) is 15.4.